The van der Waals surface area contributed by atoms with Crippen LogP contribution >= 0.6 is 0 Å². The molecule has 1 aliphatic heterocycles. The molecule has 2 N–H and O–H groups in total. The number of hydrogen-bond donors (Lipinski definition) is 2. The van der Waals surface area contributed by atoms with E-state index in [4.69, 9.17) is 4.74 Å². The van der Waals surface area contributed by atoms with Crippen molar-refractivity contribution in [1.82, 2.24) is 9.55 Å². The lowest BCUT2D eigenvalue weighted by Crippen LogP contribution is -2.31. The van der Waals surface area contributed by atoms with E-state index in [1.54, 1.807) is 6.92 Å². The second kappa shape index (κ2) is 16.4. The number of amides is 1. The van der Waals surface area contributed by atoms with E-state index >= 15 is 0 Å². The summed E-state index contributed by atoms with van der Waals surface area (Å²) in [5.41, 5.74) is -0.633. The number of ether oxygens (including phenoxy) is 1. The average molecular weight is 489 g/mol. The minimum Gasteiger partial charge on any atom is -0.389 e. The van der Waals surface area contributed by atoms with Crippen LogP contribution in [0.3, 0.4) is 0 Å². The quantitative estimate of drug-likeness (QED) is 0.281. The second-order valence-electron chi connectivity index (χ2n) is 9.77. The van der Waals surface area contributed by atoms with Gasteiger partial charge in [0.2, 0.25) is 5.91 Å². The molecular weight excluding hydrogens is 444 g/mol. The van der Waals surface area contributed by atoms with E-state index in [-0.39, 0.29) is 11.7 Å². The summed E-state index contributed by atoms with van der Waals surface area (Å²) in [4.78, 5) is 28.5. The molecule has 2 rings (SSSR count). The maximum atomic E-state index is 12.4. The van der Waals surface area contributed by atoms with Crippen LogP contribution < -0.4 is 11.0 Å². The molecule has 0 bridgehead atoms. The zero-order valence-corrected chi connectivity index (χ0v) is 21.6. The Morgan fingerprint density at radius 3 is 2.11 bits per heavy atom. The number of anilines is 1. The van der Waals surface area contributed by atoms with Crippen molar-refractivity contribution in [3.05, 3.63) is 22.7 Å². The highest BCUT2D eigenvalue weighted by molar-refractivity contribution is 5.89. The van der Waals surface area contributed by atoms with Crippen LogP contribution in [0.1, 0.15) is 116 Å². The van der Waals surface area contributed by atoms with E-state index in [0.29, 0.717) is 6.42 Å². The Morgan fingerprint density at radius 2 is 1.60 bits per heavy atom. The highest BCUT2D eigenvalue weighted by Crippen LogP contribution is 2.33. The molecule has 8 nitrogen and oxygen atoms in total. The van der Waals surface area contributed by atoms with Gasteiger partial charge in [-0.15, -0.1) is 0 Å². The number of unbranched alkanes of at least 4 members (excludes halogenated alkanes) is 13. The van der Waals surface area contributed by atoms with Crippen LogP contribution in [0.4, 0.5) is 5.82 Å². The van der Waals surface area contributed by atoms with Crippen LogP contribution in [0.2, 0.25) is 0 Å². The van der Waals surface area contributed by atoms with E-state index in [2.05, 4.69) is 17.2 Å². The van der Waals surface area contributed by atoms with Gasteiger partial charge in [0.05, 0.1) is 12.2 Å². The summed E-state index contributed by atoms with van der Waals surface area (Å²) in [6.45, 7) is 3.91. The van der Waals surface area contributed by atoms with Crippen LogP contribution in [0, 0.1) is 17.2 Å². The molecule has 0 saturated carbocycles. The molecule has 1 saturated heterocycles. The van der Waals surface area contributed by atoms with Crippen molar-refractivity contribution in [2.24, 2.45) is 5.92 Å². The van der Waals surface area contributed by atoms with Crippen LogP contribution in [-0.2, 0) is 9.53 Å². The van der Waals surface area contributed by atoms with E-state index in [1.807, 2.05) is 6.07 Å². The predicted octanol–water partition coefficient (Wildman–Crippen LogP) is 5.47. The zero-order valence-electron chi connectivity index (χ0n) is 21.6. The number of carbonyl (C=O) groups is 1. The molecule has 196 valence electrons. The van der Waals surface area contributed by atoms with Gasteiger partial charge in [-0.1, -0.05) is 90.4 Å². The number of aromatic nitrogens is 2. The Balaban J connectivity index is 1.56. The molecule has 0 unspecified atom stereocenters. The van der Waals surface area contributed by atoms with E-state index < -0.39 is 30.0 Å². The summed E-state index contributed by atoms with van der Waals surface area (Å²) in [7, 11) is 0. The van der Waals surface area contributed by atoms with Crippen LogP contribution in [-0.4, -0.2) is 32.8 Å². The van der Waals surface area contributed by atoms with E-state index in [0.717, 1.165) is 19.3 Å². The largest absolute Gasteiger partial charge is 0.389 e. The van der Waals surface area contributed by atoms with Gasteiger partial charge in [-0.05, 0) is 19.4 Å². The third-order valence-corrected chi connectivity index (χ3v) is 6.79. The molecule has 0 spiro atoms. The molecule has 1 fully saturated rings. The van der Waals surface area contributed by atoms with Crippen molar-refractivity contribution < 1.29 is 14.6 Å². The fourth-order valence-corrected chi connectivity index (χ4v) is 4.59. The normalized spacial score (nSPS) is 21.7. The van der Waals surface area contributed by atoms with Crippen LogP contribution in [0.15, 0.2) is 17.1 Å². The molecule has 0 aliphatic carbocycles. The van der Waals surface area contributed by atoms with Gasteiger partial charge < -0.3 is 15.2 Å². The lowest BCUT2D eigenvalue weighted by Gasteiger charge is -2.16. The summed E-state index contributed by atoms with van der Waals surface area (Å²) >= 11 is 0. The zero-order chi connectivity index (χ0) is 25.5. The maximum Gasteiger partial charge on any atom is 0.351 e. The Hall–Kier alpha value is -2.24. The highest BCUT2D eigenvalue weighted by Gasteiger charge is 2.43. The number of aliphatic hydroxyl groups excluding tert-OH is 1. The first-order valence-electron chi connectivity index (χ1n) is 13.6. The SMILES string of the molecule is CCCCCCCCCCCCCCCCC(=O)Nc1ccn([C@@H]2O[C@H](C)[C@@H](O)[C@@H]2C#N)c(=O)n1. The number of carbonyl (C=O) groups excluding carboxylic acids is 1. The number of rotatable bonds is 17. The predicted molar refractivity (Wildman–Crippen MR) is 137 cm³/mol. The maximum absolute atomic E-state index is 12.4. The lowest BCUT2D eigenvalue weighted by molar-refractivity contribution is -0.116. The molecule has 2 heterocycles. The summed E-state index contributed by atoms with van der Waals surface area (Å²) in [5, 5.41) is 22.0. The Morgan fingerprint density at radius 1 is 1.06 bits per heavy atom. The first-order chi connectivity index (χ1) is 17.0. The third-order valence-electron chi connectivity index (χ3n) is 6.79. The van der Waals surface area contributed by atoms with Gasteiger partial charge in [0, 0.05) is 12.6 Å². The fraction of sp³-hybridized carbons (Fsp3) is 0.778. The molecular formula is C27H44N4O4. The number of nitriles is 1. The lowest BCUT2D eigenvalue weighted by atomic mass is 10.0. The van der Waals surface area contributed by atoms with Gasteiger partial charge in [0.25, 0.3) is 0 Å². The summed E-state index contributed by atoms with van der Waals surface area (Å²) in [6, 6.07) is 3.51. The summed E-state index contributed by atoms with van der Waals surface area (Å²) in [5.74, 6) is -0.836. The van der Waals surface area contributed by atoms with Crippen molar-refractivity contribution in [2.45, 2.75) is 129 Å². The van der Waals surface area contributed by atoms with Gasteiger partial charge in [0.15, 0.2) is 6.23 Å². The van der Waals surface area contributed by atoms with Crippen molar-refractivity contribution in [3.8, 4) is 6.07 Å². The Labute approximate surface area is 210 Å². The first-order valence-corrected chi connectivity index (χ1v) is 13.6. The second-order valence-corrected chi connectivity index (χ2v) is 9.77. The smallest absolute Gasteiger partial charge is 0.351 e. The van der Waals surface area contributed by atoms with Crippen molar-refractivity contribution in [2.75, 3.05) is 5.32 Å². The molecule has 0 radical (unpaired) electrons. The Bertz CT molecular complexity index is 850. The van der Waals surface area contributed by atoms with Gasteiger partial charge in [-0.2, -0.15) is 10.2 Å². The van der Waals surface area contributed by atoms with E-state index in [9.17, 15) is 20.0 Å². The number of nitrogens with one attached hydrogen (secondary N) is 1. The molecule has 1 amide bonds. The molecule has 1 aromatic heterocycles. The van der Waals surface area contributed by atoms with Crippen LogP contribution in [0.25, 0.3) is 0 Å². The first kappa shape index (κ1) is 29.0. The van der Waals surface area contributed by atoms with E-state index in [1.165, 1.54) is 87.5 Å². The summed E-state index contributed by atoms with van der Waals surface area (Å²) in [6.07, 6.45) is 17.1. The van der Waals surface area contributed by atoms with Crippen molar-refractivity contribution >= 4 is 11.7 Å². The molecule has 1 aliphatic rings. The molecule has 0 aromatic carbocycles. The van der Waals surface area contributed by atoms with Gasteiger partial charge in [-0.3, -0.25) is 9.36 Å². The average Bonchev–Trinajstić information content (AvgIpc) is 3.12. The highest BCUT2D eigenvalue weighted by atomic mass is 16.5. The molecule has 4 atom stereocenters. The fourth-order valence-electron chi connectivity index (χ4n) is 4.59. The third kappa shape index (κ3) is 10.1. The minimum atomic E-state index is -0.971. The van der Waals surface area contributed by atoms with Crippen LogP contribution in [0.5, 0.6) is 0 Å². The standard InChI is InChI=1S/C27H44N4O4/c1-3-4-5-6-7-8-9-10-11-12-13-14-15-16-17-24(32)29-23-18-19-31(27(34)30-23)26-22(20-28)25(33)21(2)35-26/h18-19,21-22,25-26,33H,3-17H2,1-2H3,(H,29,30,32,34)/t21-,22+,25-,26-/m1/s1. The summed E-state index contributed by atoms with van der Waals surface area (Å²) < 4.78 is 6.75. The topological polar surface area (TPSA) is 117 Å². The molecule has 35 heavy (non-hydrogen) atoms. The van der Waals surface area contributed by atoms with Gasteiger partial charge in [-0.25, -0.2) is 4.79 Å². The monoisotopic (exact) mass is 488 g/mol. The van der Waals surface area contributed by atoms with Crippen molar-refractivity contribution in [1.29, 1.82) is 5.26 Å². The molecule has 1 aromatic rings. The number of aliphatic hydroxyl groups is 1. The van der Waals surface area contributed by atoms with Gasteiger partial charge >= 0.3 is 5.69 Å². The minimum absolute atomic E-state index is 0.162. The Kier molecular flexibility index (Phi) is 13.6. The van der Waals surface area contributed by atoms with Crippen molar-refractivity contribution in [3.63, 3.8) is 0 Å². The number of hydrogen-bond acceptors (Lipinski definition) is 6. The number of nitrogens with zero attached hydrogens (tertiary/aromatic N) is 3. The van der Waals surface area contributed by atoms with Gasteiger partial charge in [0.1, 0.15) is 17.8 Å². The molecule has 8 heteroatoms.